The van der Waals surface area contributed by atoms with E-state index in [2.05, 4.69) is 25.7 Å². The Balaban J connectivity index is 1.42. The van der Waals surface area contributed by atoms with Crippen LogP contribution in [0, 0.1) is 0 Å². The van der Waals surface area contributed by atoms with Gasteiger partial charge in [0.05, 0.1) is 6.20 Å². The highest BCUT2D eigenvalue weighted by molar-refractivity contribution is 5.59. The van der Waals surface area contributed by atoms with Gasteiger partial charge in [-0.2, -0.15) is 4.98 Å². The van der Waals surface area contributed by atoms with Gasteiger partial charge in [0.25, 0.3) is 5.88 Å². The van der Waals surface area contributed by atoms with E-state index in [1.807, 2.05) is 19.3 Å². The van der Waals surface area contributed by atoms with Gasteiger partial charge < -0.3 is 21.1 Å². The number of nitrogens with zero attached hydrogens (tertiary/aromatic N) is 4. The summed E-state index contributed by atoms with van der Waals surface area (Å²) in [6.07, 6.45) is 11.6. The molecule has 0 aromatic carbocycles. The van der Waals surface area contributed by atoms with Crippen LogP contribution in [0.2, 0.25) is 0 Å². The van der Waals surface area contributed by atoms with Crippen molar-refractivity contribution in [1.82, 2.24) is 19.7 Å². The van der Waals surface area contributed by atoms with Crippen LogP contribution in [0.5, 0.6) is 5.88 Å². The predicted octanol–water partition coefficient (Wildman–Crippen LogP) is 2.57. The first-order valence-electron chi connectivity index (χ1n) is 9.48. The van der Waals surface area contributed by atoms with Crippen LogP contribution in [-0.2, 0) is 7.05 Å². The van der Waals surface area contributed by atoms with Crippen LogP contribution in [0.15, 0.2) is 18.5 Å². The highest BCUT2D eigenvalue weighted by Gasteiger charge is 2.23. The molecule has 2 heterocycles. The monoisotopic (exact) mass is 357 g/mol. The quantitative estimate of drug-likeness (QED) is 0.730. The van der Waals surface area contributed by atoms with Crippen LogP contribution in [0.1, 0.15) is 44.9 Å². The molecule has 0 bridgehead atoms. The van der Waals surface area contributed by atoms with Crippen LogP contribution in [0.3, 0.4) is 0 Å². The topological polar surface area (TPSA) is 103 Å². The van der Waals surface area contributed by atoms with Crippen molar-refractivity contribution in [3.63, 3.8) is 0 Å². The van der Waals surface area contributed by atoms with Gasteiger partial charge in [0.15, 0.2) is 0 Å². The molecule has 0 atom stereocenters. The summed E-state index contributed by atoms with van der Waals surface area (Å²) >= 11 is 0. The smallest absolute Gasteiger partial charge is 0.257 e. The van der Waals surface area contributed by atoms with E-state index in [1.165, 1.54) is 6.42 Å². The highest BCUT2D eigenvalue weighted by Crippen LogP contribution is 2.30. The number of hydrogen-bond acceptors (Lipinski definition) is 7. The number of aryl methyl sites for hydroxylation is 1. The maximum absolute atomic E-state index is 5.98. The van der Waals surface area contributed by atoms with Crippen molar-refractivity contribution in [2.24, 2.45) is 12.8 Å². The summed E-state index contributed by atoms with van der Waals surface area (Å²) in [5.41, 5.74) is 6.77. The van der Waals surface area contributed by atoms with E-state index in [9.17, 15) is 0 Å². The van der Waals surface area contributed by atoms with Crippen molar-refractivity contribution in [2.45, 2.75) is 63.1 Å². The summed E-state index contributed by atoms with van der Waals surface area (Å²) in [5, 5.41) is 11.1. The third-order valence-electron chi connectivity index (χ3n) is 5.15. The van der Waals surface area contributed by atoms with Gasteiger partial charge in [-0.25, -0.2) is 4.98 Å². The standard InChI is InChI=1S/C18H27N7O/c1-25-11-15(17(24-25)26-14-3-2-4-14)22-18-20-10-9-16(23-18)21-13-7-5-12(19)6-8-13/h9-14H,2-8,19H2,1H3,(H2,20,21,22,23). The molecule has 2 aliphatic rings. The molecule has 0 unspecified atom stereocenters. The Hall–Kier alpha value is -2.35. The number of hydrogen-bond donors (Lipinski definition) is 3. The predicted molar refractivity (Wildman–Crippen MR) is 101 cm³/mol. The van der Waals surface area contributed by atoms with E-state index in [1.54, 1.807) is 10.9 Å². The maximum Gasteiger partial charge on any atom is 0.257 e. The molecule has 0 spiro atoms. The second kappa shape index (κ2) is 7.49. The first kappa shape index (κ1) is 17.1. The second-order valence-corrected chi connectivity index (χ2v) is 7.34. The van der Waals surface area contributed by atoms with Crippen LogP contribution in [0.4, 0.5) is 17.5 Å². The van der Waals surface area contributed by atoms with Crippen molar-refractivity contribution < 1.29 is 4.74 Å². The molecular weight excluding hydrogens is 330 g/mol. The molecule has 4 N–H and O–H groups in total. The average Bonchev–Trinajstić information content (AvgIpc) is 2.93. The molecule has 4 rings (SSSR count). The zero-order chi connectivity index (χ0) is 17.9. The third-order valence-corrected chi connectivity index (χ3v) is 5.15. The molecule has 8 heteroatoms. The van der Waals surface area contributed by atoms with Gasteiger partial charge in [-0.15, -0.1) is 5.10 Å². The fraction of sp³-hybridized carbons (Fsp3) is 0.611. The summed E-state index contributed by atoms with van der Waals surface area (Å²) in [7, 11) is 1.88. The molecule has 0 amide bonds. The van der Waals surface area contributed by atoms with Crippen LogP contribution >= 0.6 is 0 Å². The number of rotatable bonds is 6. The second-order valence-electron chi connectivity index (χ2n) is 7.34. The average molecular weight is 357 g/mol. The molecule has 2 aromatic rings. The molecular formula is C18H27N7O. The Bertz CT molecular complexity index is 735. The zero-order valence-corrected chi connectivity index (χ0v) is 15.2. The minimum Gasteiger partial charge on any atom is -0.472 e. The van der Waals surface area contributed by atoms with E-state index in [0.29, 0.717) is 23.9 Å². The molecule has 2 aromatic heterocycles. The molecule has 2 saturated carbocycles. The lowest BCUT2D eigenvalue weighted by Gasteiger charge is -2.27. The van der Waals surface area contributed by atoms with Gasteiger partial charge in [-0.1, -0.05) is 0 Å². The minimum absolute atomic E-state index is 0.275. The van der Waals surface area contributed by atoms with Crippen molar-refractivity contribution in [3.8, 4) is 5.88 Å². The number of nitrogens with two attached hydrogens (primary N) is 1. The van der Waals surface area contributed by atoms with Crippen molar-refractivity contribution in [1.29, 1.82) is 0 Å². The Morgan fingerprint density at radius 2 is 2.00 bits per heavy atom. The van der Waals surface area contributed by atoms with E-state index in [0.717, 1.165) is 50.0 Å². The normalized spacial score (nSPS) is 23.3. The van der Waals surface area contributed by atoms with Gasteiger partial charge in [0, 0.05) is 25.3 Å². The van der Waals surface area contributed by atoms with Crippen LogP contribution in [-0.4, -0.2) is 37.9 Å². The Labute approximate surface area is 153 Å². The number of ether oxygens (including phenoxy) is 1. The van der Waals surface area contributed by atoms with Gasteiger partial charge in [-0.3, -0.25) is 4.68 Å². The molecule has 8 nitrogen and oxygen atoms in total. The number of anilines is 3. The van der Waals surface area contributed by atoms with E-state index in [-0.39, 0.29) is 6.10 Å². The van der Waals surface area contributed by atoms with Crippen LogP contribution < -0.4 is 21.1 Å². The first-order chi connectivity index (χ1) is 12.7. The fourth-order valence-corrected chi connectivity index (χ4v) is 3.38. The van der Waals surface area contributed by atoms with E-state index < -0.39 is 0 Å². The summed E-state index contributed by atoms with van der Waals surface area (Å²) < 4.78 is 7.70. The minimum atomic E-state index is 0.275. The van der Waals surface area contributed by atoms with E-state index >= 15 is 0 Å². The van der Waals surface area contributed by atoms with Gasteiger partial charge in [0.1, 0.15) is 17.6 Å². The molecule has 140 valence electrons. The van der Waals surface area contributed by atoms with Crippen molar-refractivity contribution in [3.05, 3.63) is 18.5 Å². The molecule has 0 aliphatic heterocycles. The Morgan fingerprint density at radius 1 is 1.19 bits per heavy atom. The zero-order valence-electron chi connectivity index (χ0n) is 15.2. The molecule has 0 saturated heterocycles. The number of nitrogens with one attached hydrogen (secondary N) is 2. The lowest BCUT2D eigenvalue weighted by molar-refractivity contribution is 0.114. The lowest BCUT2D eigenvalue weighted by Crippen LogP contribution is -2.33. The van der Waals surface area contributed by atoms with Crippen molar-refractivity contribution >= 4 is 17.5 Å². The first-order valence-corrected chi connectivity index (χ1v) is 9.48. The van der Waals surface area contributed by atoms with E-state index in [4.69, 9.17) is 10.5 Å². The van der Waals surface area contributed by atoms with Crippen LogP contribution in [0.25, 0.3) is 0 Å². The lowest BCUT2D eigenvalue weighted by atomic mass is 9.92. The molecule has 0 radical (unpaired) electrons. The largest absolute Gasteiger partial charge is 0.472 e. The fourth-order valence-electron chi connectivity index (χ4n) is 3.38. The Kier molecular flexibility index (Phi) is 4.92. The number of aromatic nitrogens is 4. The molecule has 2 fully saturated rings. The molecule has 2 aliphatic carbocycles. The summed E-state index contributed by atoms with van der Waals surface area (Å²) in [6, 6.07) is 2.66. The van der Waals surface area contributed by atoms with Gasteiger partial charge >= 0.3 is 0 Å². The Morgan fingerprint density at radius 3 is 2.73 bits per heavy atom. The van der Waals surface area contributed by atoms with Gasteiger partial charge in [-0.05, 0) is 51.0 Å². The molecule has 26 heavy (non-hydrogen) atoms. The summed E-state index contributed by atoms with van der Waals surface area (Å²) in [6.45, 7) is 0. The highest BCUT2D eigenvalue weighted by atomic mass is 16.5. The van der Waals surface area contributed by atoms with Crippen molar-refractivity contribution in [2.75, 3.05) is 10.6 Å². The maximum atomic E-state index is 5.98. The summed E-state index contributed by atoms with van der Waals surface area (Å²) in [4.78, 5) is 8.92. The SMILES string of the molecule is Cn1cc(Nc2nccc(NC3CCC(N)CC3)n2)c(OC2CCC2)n1. The third kappa shape index (κ3) is 4.07. The van der Waals surface area contributed by atoms with Gasteiger partial charge in [0.2, 0.25) is 5.95 Å². The summed E-state index contributed by atoms with van der Waals surface area (Å²) in [5.74, 6) is 1.97.